The second-order valence-corrected chi connectivity index (χ2v) is 9.37. The third kappa shape index (κ3) is 6.52. The summed E-state index contributed by atoms with van der Waals surface area (Å²) in [6.45, 7) is 5.12. The van der Waals surface area contributed by atoms with Crippen LogP contribution in [-0.4, -0.2) is 67.6 Å². The van der Waals surface area contributed by atoms with Crippen LogP contribution in [0.25, 0.3) is 0 Å². The quantitative estimate of drug-likeness (QED) is 0.375. The number of nitrogen functional groups attached to an aromatic ring is 1. The predicted octanol–water partition coefficient (Wildman–Crippen LogP) is 2.06. The van der Waals surface area contributed by atoms with Gasteiger partial charge in [0.1, 0.15) is 11.6 Å². The van der Waals surface area contributed by atoms with Crippen molar-refractivity contribution in [3.63, 3.8) is 0 Å². The van der Waals surface area contributed by atoms with Crippen LogP contribution in [0.2, 0.25) is 0 Å². The highest BCUT2D eigenvalue weighted by Gasteiger charge is 2.36. The van der Waals surface area contributed by atoms with Gasteiger partial charge in [0.25, 0.3) is 0 Å². The Morgan fingerprint density at radius 3 is 2.72 bits per heavy atom. The Hall–Kier alpha value is -2.47. The third-order valence-electron chi connectivity index (χ3n) is 5.06. The van der Waals surface area contributed by atoms with Crippen LogP contribution >= 0.6 is 0 Å². The Morgan fingerprint density at radius 2 is 2.00 bits per heavy atom. The second kappa shape index (κ2) is 11.4. The lowest BCUT2D eigenvalue weighted by Crippen LogP contribution is -2.33. The van der Waals surface area contributed by atoms with Gasteiger partial charge in [0.2, 0.25) is 0 Å². The minimum absolute atomic E-state index is 0.304. The van der Waals surface area contributed by atoms with Gasteiger partial charge in [-0.05, 0) is 44.4 Å². The maximum atomic E-state index is 12.8. The topological polar surface area (TPSA) is 114 Å². The van der Waals surface area contributed by atoms with E-state index in [4.69, 9.17) is 15.3 Å². The Balaban J connectivity index is 1.35. The fourth-order valence-electron chi connectivity index (χ4n) is 3.49. The lowest BCUT2D eigenvalue weighted by Gasteiger charge is -2.20. The maximum Gasteiger partial charge on any atom is 0.304 e. The Kier molecular flexibility index (Phi) is 8.62. The molecule has 32 heavy (non-hydrogen) atoms. The van der Waals surface area contributed by atoms with E-state index in [9.17, 15) is 8.42 Å². The van der Waals surface area contributed by atoms with Crippen molar-refractivity contribution in [2.24, 2.45) is 0 Å². The highest BCUT2D eigenvalue weighted by atomic mass is 32.2. The minimum Gasteiger partial charge on any atom is -0.492 e. The van der Waals surface area contributed by atoms with Crippen molar-refractivity contribution in [3.05, 3.63) is 42.4 Å². The molecule has 0 amide bonds. The van der Waals surface area contributed by atoms with Gasteiger partial charge in [-0.2, -0.15) is 17.8 Å². The molecular formula is C21H32N6O4S. The molecule has 1 aliphatic rings. The molecule has 0 bridgehead atoms. The van der Waals surface area contributed by atoms with Crippen LogP contribution in [0.4, 0.5) is 11.5 Å². The normalized spacial score (nSPS) is 16.0. The van der Waals surface area contributed by atoms with Crippen LogP contribution in [0.3, 0.4) is 0 Å². The van der Waals surface area contributed by atoms with Gasteiger partial charge in [-0.25, -0.2) is 4.98 Å². The number of ether oxygens (including phenoxy) is 1. The molecule has 0 saturated carbocycles. The Morgan fingerprint density at radius 1 is 1.16 bits per heavy atom. The van der Waals surface area contributed by atoms with Crippen molar-refractivity contribution in [1.82, 2.24) is 19.3 Å². The van der Waals surface area contributed by atoms with E-state index in [2.05, 4.69) is 9.97 Å². The smallest absolute Gasteiger partial charge is 0.304 e. The molecule has 0 radical (unpaired) electrons. The fraction of sp³-hybridized carbons (Fsp3) is 0.524. The van der Waals surface area contributed by atoms with E-state index < -0.39 is 10.2 Å². The molecule has 11 heteroatoms. The highest BCUT2D eigenvalue weighted by Crippen LogP contribution is 2.26. The lowest BCUT2D eigenvalue weighted by molar-refractivity contribution is -0.142. The van der Waals surface area contributed by atoms with E-state index in [1.165, 1.54) is 14.8 Å². The van der Waals surface area contributed by atoms with Gasteiger partial charge in [0.15, 0.2) is 0 Å². The summed E-state index contributed by atoms with van der Waals surface area (Å²) < 4.78 is 34.2. The summed E-state index contributed by atoms with van der Waals surface area (Å²) >= 11 is 0. The van der Waals surface area contributed by atoms with Crippen LogP contribution in [-0.2, 0) is 21.6 Å². The van der Waals surface area contributed by atoms with E-state index in [1.54, 1.807) is 23.4 Å². The van der Waals surface area contributed by atoms with E-state index >= 15 is 0 Å². The van der Waals surface area contributed by atoms with Crippen molar-refractivity contribution < 1.29 is 18.0 Å². The standard InChI is InChI=1S/C21H32N6O4S/c1-3-31-25(2)17-18-7-8-20(16-24-18)30-14-6-4-5-11-26-12-13-27(32(26,28)29)19-9-10-23-21(22)15-19/h7-10,15-16H,3-6,11-14,17H2,1-2H3,(H2,22,23). The Bertz CT molecular complexity index is 957. The first-order valence-electron chi connectivity index (χ1n) is 10.8. The van der Waals surface area contributed by atoms with Gasteiger partial charge in [-0.3, -0.25) is 14.1 Å². The fourth-order valence-corrected chi connectivity index (χ4v) is 5.14. The zero-order valence-electron chi connectivity index (χ0n) is 18.7. The first-order valence-corrected chi connectivity index (χ1v) is 12.2. The van der Waals surface area contributed by atoms with Gasteiger partial charge in [0.05, 0.1) is 37.3 Å². The summed E-state index contributed by atoms with van der Waals surface area (Å²) in [4.78, 5) is 13.7. The van der Waals surface area contributed by atoms with Crippen molar-refractivity contribution in [3.8, 4) is 5.75 Å². The molecule has 1 saturated heterocycles. The number of unbranched alkanes of at least 4 members (excludes halogenated alkanes) is 2. The molecule has 176 valence electrons. The number of nitrogens with two attached hydrogens (primary N) is 1. The molecule has 0 atom stereocenters. The van der Waals surface area contributed by atoms with Crippen LogP contribution in [0.15, 0.2) is 36.7 Å². The van der Waals surface area contributed by atoms with Crippen LogP contribution in [0.5, 0.6) is 5.75 Å². The summed E-state index contributed by atoms with van der Waals surface area (Å²) in [6.07, 6.45) is 5.72. The Labute approximate surface area is 190 Å². The number of pyridine rings is 2. The number of nitrogens with zero attached hydrogens (tertiary/aromatic N) is 5. The summed E-state index contributed by atoms with van der Waals surface area (Å²) in [5.74, 6) is 1.03. The summed E-state index contributed by atoms with van der Waals surface area (Å²) in [5.41, 5.74) is 7.15. The average Bonchev–Trinajstić information content (AvgIpc) is 3.05. The highest BCUT2D eigenvalue weighted by molar-refractivity contribution is 7.90. The molecule has 0 unspecified atom stereocenters. The maximum absolute atomic E-state index is 12.8. The zero-order chi connectivity index (χ0) is 23.0. The molecule has 1 fully saturated rings. The van der Waals surface area contributed by atoms with Crippen molar-refractivity contribution >= 4 is 21.7 Å². The first-order chi connectivity index (χ1) is 15.4. The van der Waals surface area contributed by atoms with E-state index in [0.29, 0.717) is 50.9 Å². The molecule has 3 heterocycles. The van der Waals surface area contributed by atoms with Crippen LogP contribution < -0.4 is 14.8 Å². The molecular weight excluding hydrogens is 432 g/mol. The molecule has 3 rings (SSSR count). The molecule has 2 N–H and O–H groups in total. The van der Waals surface area contributed by atoms with Crippen molar-refractivity contribution in [2.45, 2.75) is 32.7 Å². The number of hydrogen-bond acceptors (Lipinski definition) is 8. The molecule has 0 aromatic carbocycles. The van der Waals surface area contributed by atoms with E-state index in [1.807, 2.05) is 26.1 Å². The second-order valence-electron chi connectivity index (χ2n) is 7.52. The van der Waals surface area contributed by atoms with Crippen LogP contribution in [0, 0.1) is 0 Å². The number of hydroxylamine groups is 2. The zero-order valence-corrected chi connectivity index (χ0v) is 19.5. The van der Waals surface area contributed by atoms with Crippen molar-refractivity contribution in [1.29, 1.82) is 0 Å². The molecule has 2 aromatic heterocycles. The SMILES string of the molecule is CCON(C)Cc1ccc(OCCCCCN2CCN(c3ccnc(N)c3)S2(=O)=O)cn1. The van der Waals surface area contributed by atoms with Gasteiger partial charge in [-0.15, -0.1) is 0 Å². The molecule has 10 nitrogen and oxygen atoms in total. The number of hydrogen-bond donors (Lipinski definition) is 1. The lowest BCUT2D eigenvalue weighted by atomic mass is 10.2. The summed E-state index contributed by atoms with van der Waals surface area (Å²) in [6, 6.07) is 7.06. The van der Waals surface area contributed by atoms with Gasteiger partial charge < -0.3 is 10.5 Å². The number of anilines is 2. The molecule has 0 spiro atoms. The predicted molar refractivity (Wildman–Crippen MR) is 123 cm³/mol. The van der Waals surface area contributed by atoms with Crippen LogP contribution in [0.1, 0.15) is 31.9 Å². The summed E-state index contributed by atoms with van der Waals surface area (Å²) in [7, 11) is -1.65. The summed E-state index contributed by atoms with van der Waals surface area (Å²) in [5, 5.41) is 1.75. The largest absolute Gasteiger partial charge is 0.492 e. The van der Waals surface area contributed by atoms with Crippen molar-refractivity contribution in [2.75, 3.05) is 49.9 Å². The average molecular weight is 465 g/mol. The first kappa shape index (κ1) is 24.2. The van der Waals surface area contributed by atoms with Gasteiger partial charge in [-0.1, -0.05) is 0 Å². The third-order valence-corrected chi connectivity index (χ3v) is 7.03. The monoisotopic (exact) mass is 464 g/mol. The molecule has 2 aromatic rings. The van der Waals surface area contributed by atoms with E-state index in [0.717, 1.165) is 30.7 Å². The molecule has 0 aliphatic carbocycles. The van der Waals surface area contributed by atoms with Gasteiger partial charge in [0, 0.05) is 38.9 Å². The number of aromatic nitrogens is 2. The number of rotatable bonds is 12. The van der Waals surface area contributed by atoms with E-state index in [-0.39, 0.29) is 0 Å². The minimum atomic E-state index is -3.52. The van der Waals surface area contributed by atoms with Gasteiger partial charge >= 0.3 is 10.2 Å². The molecule has 1 aliphatic heterocycles.